The Bertz CT molecular complexity index is 577. The SMILES string of the molecule is C=CCC1OC(c2cncs2)=[C]N1c1ccccc1. The van der Waals surface area contributed by atoms with Gasteiger partial charge >= 0.3 is 0 Å². The van der Waals surface area contributed by atoms with Crippen molar-refractivity contribution in [2.24, 2.45) is 0 Å². The summed E-state index contributed by atoms with van der Waals surface area (Å²) in [6, 6.07) is 10.1. The summed E-state index contributed by atoms with van der Waals surface area (Å²) >= 11 is 1.55. The Morgan fingerprint density at radius 3 is 2.95 bits per heavy atom. The molecule has 1 aromatic carbocycles. The molecule has 0 saturated carbocycles. The van der Waals surface area contributed by atoms with Gasteiger partial charge in [0.15, 0.2) is 12.0 Å². The number of rotatable bonds is 4. The maximum Gasteiger partial charge on any atom is 0.180 e. The van der Waals surface area contributed by atoms with Gasteiger partial charge in [-0.15, -0.1) is 17.9 Å². The number of benzene rings is 1. The molecule has 0 spiro atoms. The Balaban J connectivity index is 1.92. The smallest absolute Gasteiger partial charge is 0.180 e. The molecule has 2 heterocycles. The zero-order valence-electron chi connectivity index (χ0n) is 10.3. The van der Waals surface area contributed by atoms with Crippen LogP contribution in [0.15, 0.2) is 54.7 Å². The van der Waals surface area contributed by atoms with Gasteiger partial charge in [-0.2, -0.15) is 0 Å². The van der Waals surface area contributed by atoms with E-state index in [4.69, 9.17) is 4.74 Å². The highest BCUT2D eigenvalue weighted by atomic mass is 32.1. The van der Waals surface area contributed by atoms with E-state index >= 15 is 0 Å². The Labute approximate surface area is 116 Å². The second-order valence-corrected chi connectivity index (χ2v) is 5.00. The van der Waals surface area contributed by atoms with Crippen molar-refractivity contribution in [2.45, 2.75) is 12.6 Å². The molecule has 3 rings (SSSR count). The van der Waals surface area contributed by atoms with Crippen molar-refractivity contribution in [3.63, 3.8) is 0 Å². The van der Waals surface area contributed by atoms with Crippen LogP contribution in [0.25, 0.3) is 5.76 Å². The molecule has 3 nitrogen and oxygen atoms in total. The summed E-state index contributed by atoms with van der Waals surface area (Å²) in [4.78, 5) is 7.08. The topological polar surface area (TPSA) is 25.4 Å². The summed E-state index contributed by atoms with van der Waals surface area (Å²) in [5.74, 6) is 0.748. The van der Waals surface area contributed by atoms with Crippen LogP contribution >= 0.6 is 11.3 Å². The van der Waals surface area contributed by atoms with Gasteiger partial charge in [-0.3, -0.25) is 9.88 Å². The van der Waals surface area contributed by atoms with Gasteiger partial charge in [0.2, 0.25) is 0 Å². The van der Waals surface area contributed by atoms with Crippen LogP contribution in [0.4, 0.5) is 5.69 Å². The average Bonchev–Trinajstić information content (AvgIpc) is 3.08. The minimum Gasteiger partial charge on any atom is -0.466 e. The number of thiazole rings is 1. The largest absolute Gasteiger partial charge is 0.466 e. The molecule has 0 saturated heterocycles. The van der Waals surface area contributed by atoms with Crippen molar-refractivity contribution in [3.8, 4) is 0 Å². The van der Waals surface area contributed by atoms with Gasteiger partial charge in [0.25, 0.3) is 0 Å². The van der Waals surface area contributed by atoms with Crippen LogP contribution in [-0.2, 0) is 4.74 Å². The normalized spacial score (nSPS) is 18.0. The van der Waals surface area contributed by atoms with Crippen molar-refractivity contribution >= 4 is 22.8 Å². The van der Waals surface area contributed by atoms with E-state index in [1.165, 1.54) is 0 Å². The summed E-state index contributed by atoms with van der Waals surface area (Å²) in [5, 5.41) is 0. The number of hydrogen-bond donors (Lipinski definition) is 0. The Morgan fingerprint density at radius 1 is 1.42 bits per heavy atom. The van der Waals surface area contributed by atoms with E-state index in [2.05, 4.69) is 17.8 Å². The van der Waals surface area contributed by atoms with E-state index in [-0.39, 0.29) is 6.23 Å². The quantitative estimate of drug-likeness (QED) is 0.792. The monoisotopic (exact) mass is 269 g/mol. The molecule has 0 N–H and O–H groups in total. The highest BCUT2D eigenvalue weighted by Gasteiger charge is 2.28. The van der Waals surface area contributed by atoms with Crippen molar-refractivity contribution in [1.29, 1.82) is 0 Å². The molecule has 1 unspecified atom stereocenters. The van der Waals surface area contributed by atoms with E-state index in [0.29, 0.717) is 0 Å². The molecule has 19 heavy (non-hydrogen) atoms. The third-order valence-corrected chi connectivity index (χ3v) is 3.59. The van der Waals surface area contributed by atoms with Crippen molar-refractivity contribution < 1.29 is 4.74 Å². The number of aromatic nitrogens is 1. The molecule has 0 fully saturated rings. The Hall–Kier alpha value is -2.07. The van der Waals surface area contributed by atoms with Crippen LogP contribution in [0, 0.1) is 6.20 Å². The predicted molar refractivity (Wildman–Crippen MR) is 77.4 cm³/mol. The zero-order valence-corrected chi connectivity index (χ0v) is 11.1. The average molecular weight is 269 g/mol. The molecule has 1 aliphatic rings. The lowest BCUT2D eigenvalue weighted by molar-refractivity contribution is 0.195. The van der Waals surface area contributed by atoms with Crippen LogP contribution in [0.5, 0.6) is 0 Å². The van der Waals surface area contributed by atoms with E-state index < -0.39 is 0 Å². The van der Waals surface area contributed by atoms with Gasteiger partial charge in [0, 0.05) is 18.3 Å². The minimum atomic E-state index is -0.0861. The number of ether oxygens (including phenoxy) is 1. The molecular weight excluding hydrogens is 256 g/mol. The predicted octanol–water partition coefficient (Wildman–Crippen LogP) is 3.68. The Morgan fingerprint density at radius 2 is 2.26 bits per heavy atom. The summed E-state index contributed by atoms with van der Waals surface area (Å²) in [6.07, 6.45) is 7.61. The van der Waals surface area contributed by atoms with Crippen LogP contribution in [0.3, 0.4) is 0 Å². The minimum absolute atomic E-state index is 0.0861. The standard InChI is InChI=1S/C15H13N2OS/c1-2-6-15-17(12-7-4-3-5-8-12)10-13(18-15)14-9-16-11-19-14/h2-5,7-9,11,15H,1,6H2. The summed E-state index contributed by atoms with van der Waals surface area (Å²) < 4.78 is 5.94. The first-order valence-corrected chi connectivity index (χ1v) is 6.91. The van der Waals surface area contributed by atoms with E-state index in [9.17, 15) is 0 Å². The third-order valence-electron chi connectivity index (χ3n) is 2.82. The molecule has 95 valence electrons. The summed E-state index contributed by atoms with van der Waals surface area (Å²) in [5.41, 5.74) is 2.86. The van der Waals surface area contributed by atoms with E-state index in [0.717, 1.165) is 22.7 Å². The van der Waals surface area contributed by atoms with Crippen molar-refractivity contribution in [1.82, 2.24) is 4.98 Å². The third kappa shape index (κ3) is 2.39. The first kappa shape index (κ1) is 12.0. The fraction of sp³-hybridized carbons (Fsp3) is 0.133. The maximum atomic E-state index is 5.94. The number of anilines is 1. The second kappa shape index (κ2) is 5.28. The summed E-state index contributed by atoms with van der Waals surface area (Å²) in [6.45, 7) is 3.79. The van der Waals surface area contributed by atoms with Crippen LogP contribution in [0.1, 0.15) is 11.3 Å². The summed E-state index contributed by atoms with van der Waals surface area (Å²) in [7, 11) is 0. The van der Waals surface area contributed by atoms with Crippen LogP contribution in [0.2, 0.25) is 0 Å². The first-order chi connectivity index (χ1) is 9.38. The van der Waals surface area contributed by atoms with Gasteiger partial charge in [0.1, 0.15) is 6.20 Å². The first-order valence-electron chi connectivity index (χ1n) is 6.03. The molecule has 1 atom stereocenters. The van der Waals surface area contributed by atoms with Gasteiger partial charge < -0.3 is 4.74 Å². The lowest BCUT2D eigenvalue weighted by atomic mass is 10.2. The van der Waals surface area contributed by atoms with Gasteiger partial charge in [-0.1, -0.05) is 24.3 Å². The Kier molecular flexibility index (Phi) is 3.33. The zero-order chi connectivity index (χ0) is 13.1. The fourth-order valence-electron chi connectivity index (χ4n) is 1.95. The fourth-order valence-corrected chi connectivity index (χ4v) is 2.51. The number of hydrogen-bond acceptors (Lipinski definition) is 4. The van der Waals surface area contributed by atoms with Crippen LogP contribution < -0.4 is 4.90 Å². The van der Waals surface area contributed by atoms with Gasteiger partial charge in [-0.25, -0.2) is 0 Å². The molecule has 4 heteroatoms. The molecule has 1 radical (unpaired) electrons. The number of para-hydroxylation sites is 1. The number of nitrogens with zero attached hydrogens (tertiary/aromatic N) is 2. The van der Waals surface area contributed by atoms with Crippen molar-refractivity contribution in [3.05, 3.63) is 65.8 Å². The van der Waals surface area contributed by atoms with Crippen LogP contribution in [-0.4, -0.2) is 11.2 Å². The molecule has 1 aromatic heterocycles. The van der Waals surface area contributed by atoms with Gasteiger partial charge in [0.05, 0.1) is 10.4 Å². The lowest BCUT2D eigenvalue weighted by Crippen LogP contribution is -2.27. The van der Waals surface area contributed by atoms with Crippen molar-refractivity contribution in [2.75, 3.05) is 4.90 Å². The molecule has 0 amide bonds. The van der Waals surface area contributed by atoms with E-state index in [1.54, 1.807) is 23.0 Å². The molecule has 2 aromatic rings. The second-order valence-electron chi connectivity index (χ2n) is 4.11. The molecule has 1 aliphatic heterocycles. The van der Waals surface area contributed by atoms with E-state index in [1.807, 2.05) is 41.3 Å². The molecular formula is C15H13N2OS. The molecule has 0 bridgehead atoms. The lowest BCUT2D eigenvalue weighted by Gasteiger charge is -2.22. The highest BCUT2D eigenvalue weighted by molar-refractivity contribution is 7.10. The van der Waals surface area contributed by atoms with Gasteiger partial charge in [-0.05, 0) is 12.1 Å². The molecule has 0 aliphatic carbocycles. The highest BCUT2D eigenvalue weighted by Crippen LogP contribution is 2.33. The maximum absolute atomic E-state index is 5.94.